The Balaban J connectivity index is 1.90. The summed E-state index contributed by atoms with van der Waals surface area (Å²) in [6, 6.07) is 4.65. The highest BCUT2D eigenvalue weighted by atomic mass is 32.1. The minimum Gasteiger partial charge on any atom is -0.341 e. The summed E-state index contributed by atoms with van der Waals surface area (Å²) in [4.78, 5) is 0. The molecular weight excluding hydrogens is 252 g/mol. The molecular formula is C16H22N2S. The third-order valence-corrected chi connectivity index (χ3v) is 4.78. The molecule has 0 bridgehead atoms. The first-order valence-electron chi connectivity index (χ1n) is 7.27. The Kier molecular flexibility index (Phi) is 3.74. The van der Waals surface area contributed by atoms with Gasteiger partial charge in [0.05, 0.1) is 0 Å². The Bertz CT molecular complexity index is 492. The highest BCUT2D eigenvalue weighted by Crippen LogP contribution is 2.37. The van der Waals surface area contributed by atoms with Crippen LogP contribution in [0.2, 0.25) is 0 Å². The summed E-state index contributed by atoms with van der Waals surface area (Å²) in [6.45, 7) is 3.95. The first-order valence-corrected chi connectivity index (χ1v) is 7.72. The molecule has 0 spiro atoms. The van der Waals surface area contributed by atoms with Gasteiger partial charge in [-0.25, -0.2) is 0 Å². The predicted molar refractivity (Wildman–Crippen MR) is 84.4 cm³/mol. The Morgan fingerprint density at radius 2 is 2.11 bits per heavy atom. The van der Waals surface area contributed by atoms with Crippen LogP contribution >= 0.6 is 12.8 Å². The summed E-state index contributed by atoms with van der Waals surface area (Å²) in [5.74, 6) is 1.65. The lowest BCUT2D eigenvalue weighted by molar-refractivity contribution is 0.314. The molecule has 0 aromatic heterocycles. The lowest BCUT2D eigenvalue weighted by Crippen LogP contribution is -2.17. The topological polar surface area (TPSA) is 24.1 Å². The molecule has 1 aromatic carbocycles. The average Bonchev–Trinajstić information content (AvgIpc) is 2.83. The molecule has 1 aromatic rings. The van der Waals surface area contributed by atoms with Crippen LogP contribution in [0.1, 0.15) is 42.4 Å². The molecule has 2 aliphatic carbocycles. The van der Waals surface area contributed by atoms with Crippen LogP contribution in [-0.4, -0.2) is 0 Å². The van der Waals surface area contributed by atoms with E-state index in [-0.39, 0.29) is 0 Å². The number of rotatable bonds is 5. The van der Waals surface area contributed by atoms with E-state index in [1.165, 1.54) is 67.3 Å². The van der Waals surface area contributed by atoms with E-state index >= 15 is 0 Å². The predicted octanol–water partition coefficient (Wildman–Crippen LogP) is 3.84. The van der Waals surface area contributed by atoms with Crippen molar-refractivity contribution in [3.63, 3.8) is 0 Å². The minimum absolute atomic E-state index is 0.762. The van der Waals surface area contributed by atoms with Gasteiger partial charge in [-0.3, -0.25) is 0 Å². The molecule has 2 aliphatic rings. The number of anilines is 1. The van der Waals surface area contributed by atoms with Gasteiger partial charge in [-0.2, -0.15) is 0 Å². The third kappa shape index (κ3) is 2.62. The average molecular weight is 274 g/mol. The normalized spacial score (nSPS) is 17.7. The van der Waals surface area contributed by atoms with Crippen molar-refractivity contribution in [2.75, 3.05) is 5.32 Å². The summed E-state index contributed by atoms with van der Waals surface area (Å²) in [5.41, 5.74) is 5.76. The third-order valence-electron chi connectivity index (χ3n) is 4.51. The Hall–Kier alpha value is -1.09. The van der Waals surface area contributed by atoms with Gasteiger partial charge in [-0.1, -0.05) is 50.8 Å². The lowest BCUT2D eigenvalue weighted by atomic mass is 9.80. The quantitative estimate of drug-likeness (QED) is 0.711. The number of aryl methyl sites for hydroxylation is 1. The van der Waals surface area contributed by atoms with Gasteiger partial charge in [0.1, 0.15) is 5.82 Å². The van der Waals surface area contributed by atoms with Crippen LogP contribution in [-0.2, 0) is 19.3 Å². The van der Waals surface area contributed by atoms with Crippen LogP contribution in [0.25, 0.3) is 0 Å². The van der Waals surface area contributed by atoms with Gasteiger partial charge in [0.2, 0.25) is 0 Å². The monoisotopic (exact) mass is 274 g/mol. The van der Waals surface area contributed by atoms with Crippen LogP contribution in [0.15, 0.2) is 24.5 Å². The van der Waals surface area contributed by atoms with E-state index in [1.54, 1.807) is 0 Å². The fraction of sp³-hybridized carbons (Fsp3) is 0.500. The van der Waals surface area contributed by atoms with Crippen molar-refractivity contribution >= 4 is 18.5 Å². The first-order chi connectivity index (χ1) is 9.28. The van der Waals surface area contributed by atoms with Gasteiger partial charge >= 0.3 is 0 Å². The van der Waals surface area contributed by atoms with E-state index in [0.717, 1.165) is 11.7 Å². The van der Waals surface area contributed by atoms with E-state index in [0.29, 0.717) is 0 Å². The number of nitrogens with one attached hydrogen (secondary N) is 2. The summed E-state index contributed by atoms with van der Waals surface area (Å²) in [7, 11) is 0. The number of benzene rings is 1. The fourth-order valence-electron chi connectivity index (χ4n) is 3.23. The van der Waals surface area contributed by atoms with Crippen molar-refractivity contribution in [2.45, 2.75) is 44.9 Å². The summed E-state index contributed by atoms with van der Waals surface area (Å²) in [6.07, 6.45) is 9.07. The standard InChI is InChI=1S/C16H22N2S/c1-11(18-19)17-16-14(10-12-4-2-5-12)9-8-13-6-3-7-15(13)16/h8-9,12,17-19H,1-7,10H2. The maximum absolute atomic E-state index is 4.07. The van der Waals surface area contributed by atoms with Crippen molar-refractivity contribution in [3.8, 4) is 0 Å². The minimum atomic E-state index is 0.762. The number of fused-ring (bicyclic) bond motifs is 1. The highest BCUT2D eigenvalue weighted by molar-refractivity contribution is 7.78. The van der Waals surface area contributed by atoms with E-state index in [1.807, 2.05) is 0 Å². The van der Waals surface area contributed by atoms with E-state index < -0.39 is 0 Å². The SMILES string of the molecule is C=C(NS)Nc1c(CC2CCC2)ccc2c1CCC2. The summed E-state index contributed by atoms with van der Waals surface area (Å²) in [5, 5.41) is 3.43. The summed E-state index contributed by atoms with van der Waals surface area (Å²) >= 11 is 4.07. The van der Waals surface area contributed by atoms with Crippen LogP contribution in [0, 0.1) is 5.92 Å². The van der Waals surface area contributed by atoms with Crippen molar-refractivity contribution < 1.29 is 0 Å². The number of hydrogen-bond acceptors (Lipinski definition) is 3. The van der Waals surface area contributed by atoms with Gasteiger partial charge in [-0.05, 0) is 48.3 Å². The van der Waals surface area contributed by atoms with Gasteiger partial charge in [0.15, 0.2) is 0 Å². The zero-order valence-corrected chi connectivity index (χ0v) is 12.2. The highest BCUT2D eigenvalue weighted by Gasteiger charge is 2.23. The van der Waals surface area contributed by atoms with Gasteiger partial charge in [0, 0.05) is 5.69 Å². The van der Waals surface area contributed by atoms with Gasteiger partial charge in [-0.15, -0.1) is 0 Å². The second-order valence-corrected chi connectivity index (χ2v) is 6.03. The summed E-state index contributed by atoms with van der Waals surface area (Å²) < 4.78 is 2.80. The molecule has 1 fully saturated rings. The molecule has 0 heterocycles. The van der Waals surface area contributed by atoms with E-state index in [9.17, 15) is 0 Å². The Morgan fingerprint density at radius 3 is 2.79 bits per heavy atom. The van der Waals surface area contributed by atoms with Crippen LogP contribution in [0.4, 0.5) is 5.69 Å². The molecule has 0 unspecified atom stereocenters. The molecule has 2 N–H and O–H groups in total. The molecule has 0 amide bonds. The number of hydrogen-bond donors (Lipinski definition) is 3. The van der Waals surface area contributed by atoms with Gasteiger partial charge < -0.3 is 10.0 Å². The van der Waals surface area contributed by atoms with Crippen molar-refractivity contribution in [3.05, 3.63) is 41.2 Å². The molecule has 0 atom stereocenters. The molecule has 2 nitrogen and oxygen atoms in total. The van der Waals surface area contributed by atoms with E-state index in [2.05, 4.69) is 41.6 Å². The fourth-order valence-corrected chi connectivity index (χ4v) is 3.28. The van der Waals surface area contributed by atoms with E-state index in [4.69, 9.17) is 0 Å². The molecule has 0 aliphatic heterocycles. The maximum atomic E-state index is 4.07. The number of thiol groups is 1. The molecule has 0 saturated heterocycles. The van der Waals surface area contributed by atoms with Crippen LogP contribution in [0.5, 0.6) is 0 Å². The van der Waals surface area contributed by atoms with Crippen LogP contribution in [0.3, 0.4) is 0 Å². The molecule has 102 valence electrons. The largest absolute Gasteiger partial charge is 0.341 e. The molecule has 1 saturated carbocycles. The molecule has 0 radical (unpaired) electrons. The van der Waals surface area contributed by atoms with Crippen molar-refractivity contribution in [1.82, 2.24) is 4.72 Å². The van der Waals surface area contributed by atoms with Crippen molar-refractivity contribution in [1.29, 1.82) is 0 Å². The zero-order chi connectivity index (χ0) is 13.2. The van der Waals surface area contributed by atoms with Crippen LogP contribution < -0.4 is 10.0 Å². The molecule has 3 heteroatoms. The lowest BCUT2D eigenvalue weighted by Gasteiger charge is -2.27. The second kappa shape index (κ2) is 5.49. The molecule has 19 heavy (non-hydrogen) atoms. The van der Waals surface area contributed by atoms with Gasteiger partial charge in [0.25, 0.3) is 0 Å². The molecule has 3 rings (SSSR count). The zero-order valence-electron chi connectivity index (χ0n) is 11.3. The van der Waals surface area contributed by atoms with Crippen molar-refractivity contribution in [2.24, 2.45) is 5.92 Å². The first kappa shape index (κ1) is 12.9. The smallest absolute Gasteiger partial charge is 0.106 e. The Labute approximate surface area is 121 Å². The second-order valence-electron chi connectivity index (χ2n) is 5.81. The maximum Gasteiger partial charge on any atom is 0.106 e. The Morgan fingerprint density at radius 1 is 1.26 bits per heavy atom.